The van der Waals surface area contributed by atoms with Crippen LogP contribution in [0.15, 0.2) is 6.07 Å². The first-order chi connectivity index (χ1) is 11.0. The summed E-state index contributed by atoms with van der Waals surface area (Å²) >= 11 is 0. The molecule has 0 spiro atoms. The minimum atomic E-state index is 0.163. The van der Waals surface area contributed by atoms with E-state index >= 15 is 0 Å². The highest BCUT2D eigenvalue weighted by Crippen LogP contribution is 2.23. The Labute approximate surface area is 139 Å². The number of hydrogen-bond acceptors (Lipinski definition) is 4. The van der Waals surface area contributed by atoms with Gasteiger partial charge < -0.3 is 10.2 Å². The van der Waals surface area contributed by atoms with Crippen LogP contribution in [0.4, 0.5) is 0 Å². The average molecular weight is 321 g/mol. The molecule has 0 aliphatic carbocycles. The van der Waals surface area contributed by atoms with Crippen molar-refractivity contribution in [3.63, 3.8) is 0 Å². The third-order valence-electron chi connectivity index (χ3n) is 4.79. The van der Waals surface area contributed by atoms with Gasteiger partial charge in [-0.1, -0.05) is 13.8 Å². The van der Waals surface area contributed by atoms with Gasteiger partial charge in [0.1, 0.15) is 0 Å². The molecule has 2 rings (SSSR count). The number of likely N-dealkylation sites (N-methyl/N-ethyl adjacent to an activating group) is 2. The summed E-state index contributed by atoms with van der Waals surface area (Å²) in [4.78, 5) is 16.3. The number of carbonyl (C=O) groups excluding carboxylic acids is 1. The molecule has 1 unspecified atom stereocenters. The predicted molar refractivity (Wildman–Crippen MR) is 92.3 cm³/mol. The maximum atomic E-state index is 12.3. The van der Waals surface area contributed by atoms with Crippen LogP contribution in [0.25, 0.3) is 0 Å². The summed E-state index contributed by atoms with van der Waals surface area (Å²) in [5.41, 5.74) is 2.25. The Balaban J connectivity index is 1.96. The SMILES string of the molecule is CCN(CC)CC(=O)N(C)Cc1cc(C2CCCNC2)nn1C. The largest absolute Gasteiger partial charge is 0.339 e. The van der Waals surface area contributed by atoms with E-state index in [9.17, 15) is 4.79 Å². The molecule has 2 heterocycles. The van der Waals surface area contributed by atoms with Gasteiger partial charge in [-0.3, -0.25) is 14.4 Å². The van der Waals surface area contributed by atoms with E-state index < -0.39 is 0 Å². The van der Waals surface area contributed by atoms with Gasteiger partial charge in [-0.15, -0.1) is 0 Å². The summed E-state index contributed by atoms with van der Waals surface area (Å²) < 4.78 is 1.92. The first-order valence-corrected chi connectivity index (χ1v) is 8.75. The van der Waals surface area contributed by atoms with Crippen molar-refractivity contribution in [2.24, 2.45) is 7.05 Å². The second-order valence-corrected chi connectivity index (χ2v) is 6.44. The molecule has 0 aromatic carbocycles. The molecule has 130 valence electrons. The maximum absolute atomic E-state index is 12.3. The molecule has 23 heavy (non-hydrogen) atoms. The number of nitrogens with zero attached hydrogens (tertiary/aromatic N) is 4. The molecule has 0 radical (unpaired) electrons. The molecule has 1 amide bonds. The Hall–Kier alpha value is -1.40. The fraction of sp³-hybridized carbons (Fsp3) is 0.765. The molecule has 6 heteroatoms. The number of amides is 1. The van der Waals surface area contributed by atoms with Gasteiger partial charge in [0.05, 0.1) is 24.5 Å². The lowest BCUT2D eigenvalue weighted by Crippen LogP contribution is -2.38. The number of aryl methyl sites for hydroxylation is 1. The van der Waals surface area contributed by atoms with Crippen LogP contribution in [-0.4, -0.2) is 65.3 Å². The van der Waals surface area contributed by atoms with E-state index in [2.05, 4.69) is 35.2 Å². The Morgan fingerprint density at radius 3 is 2.78 bits per heavy atom. The summed E-state index contributed by atoms with van der Waals surface area (Å²) in [6.07, 6.45) is 2.40. The van der Waals surface area contributed by atoms with Gasteiger partial charge in [0.25, 0.3) is 0 Å². The fourth-order valence-corrected chi connectivity index (χ4v) is 3.07. The van der Waals surface area contributed by atoms with Gasteiger partial charge in [-0.05, 0) is 38.5 Å². The van der Waals surface area contributed by atoms with Crippen molar-refractivity contribution < 1.29 is 4.79 Å². The van der Waals surface area contributed by atoms with Crippen molar-refractivity contribution in [2.75, 3.05) is 39.8 Å². The summed E-state index contributed by atoms with van der Waals surface area (Å²) in [5.74, 6) is 0.663. The van der Waals surface area contributed by atoms with Gasteiger partial charge in [0.2, 0.25) is 5.91 Å². The maximum Gasteiger partial charge on any atom is 0.236 e. The second kappa shape index (κ2) is 8.45. The van der Waals surface area contributed by atoms with E-state index in [1.165, 1.54) is 12.8 Å². The number of nitrogens with one attached hydrogen (secondary N) is 1. The number of carbonyl (C=O) groups is 1. The standard InChI is InChI=1S/C17H31N5O/c1-5-22(6-2)13-17(23)20(3)12-15-10-16(19-21(15)4)14-8-7-9-18-11-14/h10,14,18H,5-9,11-13H2,1-4H3. The van der Waals surface area contributed by atoms with Crippen molar-refractivity contribution >= 4 is 5.91 Å². The van der Waals surface area contributed by atoms with Crippen molar-refractivity contribution in [1.82, 2.24) is 24.9 Å². The summed E-state index contributed by atoms with van der Waals surface area (Å²) in [7, 11) is 3.85. The van der Waals surface area contributed by atoms with Crippen LogP contribution >= 0.6 is 0 Å². The summed E-state index contributed by atoms with van der Waals surface area (Å²) in [6.45, 7) is 9.20. The molecule has 1 aliphatic rings. The summed E-state index contributed by atoms with van der Waals surface area (Å²) in [5, 5.41) is 8.10. The number of rotatable bonds is 7. The van der Waals surface area contributed by atoms with E-state index in [-0.39, 0.29) is 5.91 Å². The smallest absolute Gasteiger partial charge is 0.236 e. The van der Waals surface area contributed by atoms with E-state index in [1.807, 2.05) is 18.8 Å². The van der Waals surface area contributed by atoms with E-state index in [0.29, 0.717) is 19.0 Å². The van der Waals surface area contributed by atoms with Crippen molar-refractivity contribution in [3.8, 4) is 0 Å². The van der Waals surface area contributed by atoms with Crippen LogP contribution < -0.4 is 5.32 Å². The molecule has 1 atom stereocenters. The average Bonchev–Trinajstić information content (AvgIpc) is 2.94. The number of piperidine rings is 1. The van der Waals surface area contributed by atoms with Crippen LogP contribution in [-0.2, 0) is 18.4 Å². The lowest BCUT2D eigenvalue weighted by molar-refractivity contribution is -0.131. The number of hydrogen-bond donors (Lipinski definition) is 1. The molecule has 0 bridgehead atoms. The third-order valence-corrected chi connectivity index (χ3v) is 4.79. The zero-order chi connectivity index (χ0) is 16.8. The van der Waals surface area contributed by atoms with Gasteiger partial charge >= 0.3 is 0 Å². The highest BCUT2D eigenvalue weighted by molar-refractivity contribution is 5.77. The Morgan fingerprint density at radius 1 is 1.43 bits per heavy atom. The quantitative estimate of drug-likeness (QED) is 0.819. The Bertz CT molecular complexity index is 503. The van der Waals surface area contributed by atoms with Gasteiger partial charge in [0, 0.05) is 26.6 Å². The highest BCUT2D eigenvalue weighted by atomic mass is 16.2. The monoisotopic (exact) mass is 321 g/mol. The van der Waals surface area contributed by atoms with Crippen LogP contribution in [0.1, 0.15) is 44.0 Å². The molecule has 1 N–H and O–H groups in total. The summed E-state index contributed by atoms with van der Waals surface area (Å²) in [6, 6.07) is 2.17. The van der Waals surface area contributed by atoms with Gasteiger partial charge in [-0.2, -0.15) is 5.10 Å². The van der Waals surface area contributed by atoms with E-state index in [1.54, 1.807) is 4.90 Å². The van der Waals surface area contributed by atoms with E-state index in [4.69, 9.17) is 0 Å². The molecule has 1 aromatic heterocycles. The van der Waals surface area contributed by atoms with Crippen molar-refractivity contribution in [1.29, 1.82) is 0 Å². The molecule has 1 saturated heterocycles. The Morgan fingerprint density at radius 2 is 2.17 bits per heavy atom. The van der Waals surface area contributed by atoms with Crippen LogP contribution in [0.2, 0.25) is 0 Å². The van der Waals surface area contributed by atoms with Gasteiger partial charge in [-0.25, -0.2) is 0 Å². The van der Waals surface area contributed by atoms with Crippen LogP contribution in [0.5, 0.6) is 0 Å². The molecule has 0 saturated carbocycles. The number of aromatic nitrogens is 2. The highest BCUT2D eigenvalue weighted by Gasteiger charge is 2.20. The van der Waals surface area contributed by atoms with E-state index in [0.717, 1.165) is 37.6 Å². The molecular formula is C17H31N5O. The zero-order valence-corrected chi connectivity index (χ0v) is 15.0. The molecule has 1 fully saturated rings. The lowest BCUT2D eigenvalue weighted by Gasteiger charge is -2.22. The fourth-order valence-electron chi connectivity index (χ4n) is 3.07. The molecular weight excluding hydrogens is 290 g/mol. The zero-order valence-electron chi connectivity index (χ0n) is 15.0. The van der Waals surface area contributed by atoms with Crippen molar-refractivity contribution in [2.45, 2.75) is 39.2 Å². The topological polar surface area (TPSA) is 53.4 Å². The molecule has 1 aliphatic heterocycles. The lowest BCUT2D eigenvalue weighted by atomic mass is 9.96. The minimum absolute atomic E-state index is 0.163. The van der Waals surface area contributed by atoms with Crippen LogP contribution in [0, 0.1) is 0 Å². The third kappa shape index (κ3) is 4.78. The molecule has 6 nitrogen and oxygen atoms in total. The first kappa shape index (κ1) is 17.9. The normalized spacial score (nSPS) is 18.4. The predicted octanol–water partition coefficient (Wildman–Crippen LogP) is 1.19. The minimum Gasteiger partial charge on any atom is -0.339 e. The van der Waals surface area contributed by atoms with Gasteiger partial charge in [0.15, 0.2) is 0 Å². The first-order valence-electron chi connectivity index (χ1n) is 8.75. The van der Waals surface area contributed by atoms with Crippen molar-refractivity contribution in [3.05, 3.63) is 17.5 Å². The molecule has 1 aromatic rings. The Kier molecular flexibility index (Phi) is 6.59. The van der Waals surface area contributed by atoms with Crippen LogP contribution in [0.3, 0.4) is 0 Å². The second-order valence-electron chi connectivity index (χ2n) is 6.44.